The van der Waals surface area contributed by atoms with E-state index in [1.165, 1.54) is 19.2 Å². The molecule has 2 N–H and O–H groups in total. The number of carboxylic acids is 1. The molecule has 0 unspecified atom stereocenters. The predicted molar refractivity (Wildman–Crippen MR) is 146 cm³/mol. The van der Waals surface area contributed by atoms with Crippen molar-refractivity contribution in [2.24, 2.45) is 0 Å². The number of anilines is 2. The lowest BCUT2D eigenvalue weighted by atomic mass is 10.0. The molecule has 2 aromatic carbocycles. The van der Waals surface area contributed by atoms with Crippen LogP contribution in [0.25, 0.3) is 10.9 Å². The first-order valence-electron chi connectivity index (χ1n) is 13.4. The van der Waals surface area contributed by atoms with Crippen molar-refractivity contribution >= 4 is 40.2 Å². The van der Waals surface area contributed by atoms with Gasteiger partial charge in [-0.3, -0.25) is 14.5 Å². The van der Waals surface area contributed by atoms with E-state index in [2.05, 4.69) is 5.32 Å². The van der Waals surface area contributed by atoms with E-state index in [9.17, 15) is 24.3 Å². The highest BCUT2D eigenvalue weighted by molar-refractivity contribution is 5.94. The van der Waals surface area contributed by atoms with E-state index >= 15 is 4.39 Å². The Hall–Kier alpha value is -4.41. The first-order chi connectivity index (χ1) is 19.2. The normalized spacial score (nSPS) is 18.9. The molecule has 2 amide bonds. The minimum Gasteiger partial charge on any atom is -0.477 e. The number of rotatable bonds is 6. The highest BCUT2D eigenvalue weighted by atomic mass is 19.1. The maximum atomic E-state index is 15.5. The van der Waals surface area contributed by atoms with Gasteiger partial charge in [0, 0.05) is 43.3 Å². The van der Waals surface area contributed by atoms with Crippen molar-refractivity contribution < 1.29 is 28.6 Å². The Balaban J connectivity index is 1.25. The Morgan fingerprint density at radius 1 is 1.10 bits per heavy atom. The molecule has 10 nitrogen and oxygen atoms in total. The third-order valence-electron chi connectivity index (χ3n) is 7.87. The second-order valence-corrected chi connectivity index (χ2v) is 10.6. The van der Waals surface area contributed by atoms with E-state index in [-0.39, 0.29) is 29.4 Å². The molecule has 2 aliphatic heterocycles. The van der Waals surface area contributed by atoms with Crippen LogP contribution in [-0.4, -0.2) is 59.9 Å². The summed E-state index contributed by atoms with van der Waals surface area (Å²) in [5.74, 6) is -2.07. The molecule has 1 aliphatic carbocycles. The maximum Gasteiger partial charge on any atom is 0.414 e. The molecular weight excluding hydrogens is 519 g/mol. The number of amides is 2. The highest BCUT2D eigenvalue weighted by Gasteiger charge is 2.33. The number of hydrogen-bond acceptors (Lipinski definition) is 6. The molecule has 1 atom stereocenters. The Bertz CT molecular complexity index is 1610. The number of halogens is 1. The topological polar surface area (TPSA) is 121 Å². The fourth-order valence-electron chi connectivity index (χ4n) is 5.62. The standard InChI is InChI=1S/C29H29FN4O6/c1-16(35)31-13-21-14-34(29(39)40-21)20-3-2-17-6-8-32(9-7-18(17)10-20)26-12-25-22(11-24(26)30)27(36)23(28(37)38)15-33(25)19-4-5-19/h2-3,10-12,15,19,21H,4-9,13-14H2,1H3,(H,31,35)(H,37,38)/t21-/m0/s1. The minimum absolute atomic E-state index is 0.0742. The number of cyclic esters (lactones) is 1. The zero-order chi connectivity index (χ0) is 28.1. The zero-order valence-corrected chi connectivity index (χ0v) is 22.0. The molecular formula is C29H29FN4O6. The van der Waals surface area contributed by atoms with Gasteiger partial charge in [0.25, 0.3) is 0 Å². The lowest BCUT2D eigenvalue weighted by Gasteiger charge is -2.24. The van der Waals surface area contributed by atoms with Gasteiger partial charge in [0.05, 0.1) is 24.3 Å². The summed E-state index contributed by atoms with van der Waals surface area (Å²) in [7, 11) is 0. The molecule has 6 rings (SSSR count). The summed E-state index contributed by atoms with van der Waals surface area (Å²) in [6, 6.07) is 8.77. The number of ether oxygens (including phenoxy) is 1. The van der Waals surface area contributed by atoms with Crippen LogP contribution in [-0.2, 0) is 22.4 Å². The van der Waals surface area contributed by atoms with E-state index in [0.29, 0.717) is 49.4 Å². The van der Waals surface area contributed by atoms with Crippen molar-refractivity contribution in [3.05, 3.63) is 69.3 Å². The van der Waals surface area contributed by atoms with Crippen molar-refractivity contribution in [3.63, 3.8) is 0 Å². The molecule has 40 heavy (non-hydrogen) atoms. The van der Waals surface area contributed by atoms with Gasteiger partial charge < -0.3 is 24.6 Å². The molecule has 0 radical (unpaired) electrons. The summed E-state index contributed by atoms with van der Waals surface area (Å²) in [5.41, 5.74) is 2.76. The number of carbonyl (C=O) groups is 3. The van der Waals surface area contributed by atoms with Crippen LogP contribution in [0.15, 0.2) is 41.3 Å². The summed E-state index contributed by atoms with van der Waals surface area (Å²) in [6.45, 7) is 3.07. The Morgan fingerprint density at radius 2 is 1.85 bits per heavy atom. The van der Waals surface area contributed by atoms with Gasteiger partial charge in [-0.25, -0.2) is 14.0 Å². The Labute approximate surface area is 228 Å². The maximum absolute atomic E-state index is 15.5. The van der Waals surface area contributed by atoms with E-state index < -0.39 is 29.4 Å². The summed E-state index contributed by atoms with van der Waals surface area (Å²) in [6.07, 6.45) is 3.53. The Kier molecular flexibility index (Phi) is 6.44. The number of pyridine rings is 1. The van der Waals surface area contributed by atoms with Crippen molar-refractivity contribution in [1.29, 1.82) is 0 Å². The van der Waals surface area contributed by atoms with Gasteiger partial charge in [0.1, 0.15) is 17.5 Å². The summed E-state index contributed by atoms with van der Waals surface area (Å²) >= 11 is 0. The highest BCUT2D eigenvalue weighted by Crippen LogP contribution is 2.38. The minimum atomic E-state index is -1.32. The van der Waals surface area contributed by atoms with Crippen LogP contribution < -0.4 is 20.5 Å². The van der Waals surface area contributed by atoms with Crippen LogP contribution in [0.1, 0.15) is 47.3 Å². The van der Waals surface area contributed by atoms with Crippen LogP contribution >= 0.6 is 0 Å². The molecule has 2 fully saturated rings. The predicted octanol–water partition coefficient (Wildman–Crippen LogP) is 3.24. The number of aromatic carboxylic acids is 1. The number of benzene rings is 2. The van der Waals surface area contributed by atoms with Gasteiger partial charge in [-0.05, 0) is 61.1 Å². The second kappa shape index (κ2) is 9.96. The molecule has 208 valence electrons. The van der Waals surface area contributed by atoms with Crippen LogP contribution in [0.2, 0.25) is 0 Å². The fourth-order valence-corrected chi connectivity index (χ4v) is 5.62. The molecule has 3 aliphatic rings. The summed E-state index contributed by atoms with van der Waals surface area (Å²) in [5, 5.41) is 12.2. The summed E-state index contributed by atoms with van der Waals surface area (Å²) < 4.78 is 22.7. The lowest BCUT2D eigenvalue weighted by molar-refractivity contribution is -0.119. The van der Waals surface area contributed by atoms with Gasteiger partial charge in [0.15, 0.2) is 0 Å². The first kappa shape index (κ1) is 25.8. The number of carbonyl (C=O) groups excluding carboxylic acids is 2. The molecule has 3 heterocycles. The zero-order valence-electron chi connectivity index (χ0n) is 22.0. The second-order valence-electron chi connectivity index (χ2n) is 10.6. The smallest absolute Gasteiger partial charge is 0.414 e. The largest absolute Gasteiger partial charge is 0.477 e. The summed E-state index contributed by atoms with van der Waals surface area (Å²) in [4.78, 5) is 51.7. The number of aromatic nitrogens is 1. The van der Waals surface area contributed by atoms with Gasteiger partial charge in [-0.1, -0.05) is 6.07 Å². The third kappa shape index (κ3) is 4.76. The molecule has 1 aromatic heterocycles. The number of carboxylic acid groups (broad SMARTS) is 1. The molecule has 1 saturated carbocycles. The SMILES string of the molecule is CC(=O)NC[C@H]1CN(c2ccc3c(c2)CCN(c2cc4c(cc2F)c(=O)c(C(=O)O)cn4C2CC2)CC3)C(=O)O1. The molecule has 11 heteroatoms. The van der Waals surface area contributed by atoms with Crippen molar-refractivity contribution in [2.75, 3.05) is 36.0 Å². The average molecular weight is 549 g/mol. The van der Waals surface area contributed by atoms with Crippen molar-refractivity contribution in [1.82, 2.24) is 9.88 Å². The van der Waals surface area contributed by atoms with Gasteiger partial charge in [0.2, 0.25) is 11.3 Å². The number of fused-ring (bicyclic) bond motifs is 2. The van der Waals surface area contributed by atoms with Gasteiger partial charge >= 0.3 is 12.1 Å². The van der Waals surface area contributed by atoms with E-state index in [4.69, 9.17) is 4.74 Å². The lowest BCUT2D eigenvalue weighted by Crippen LogP contribution is -2.33. The van der Waals surface area contributed by atoms with E-state index in [0.717, 1.165) is 24.0 Å². The molecule has 3 aromatic rings. The number of nitrogens with zero attached hydrogens (tertiary/aromatic N) is 3. The quantitative estimate of drug-likeness (QED) is 0.485. The van der Waals surface area contributed by atoms with Crippen LogP contribution in [0.3, 0.4) is 0 Å². The van der Waals surface area contributed by atoms with Crippen molar-refractivity contribution in [3.8, 4) is 0 Å². The number of nitrogens with one attached hydrogen (secondary N) is 1. The fraction of sp³-hybridized carbons (Fsp3) is 0.379. The van der Waals surface area contributed by atoms with Gasteiger partial charge in [-0.15, -0.1) is 0 Å². The molecule has 0 bridgehead atoms. The van der Waals surface area contributed by atoms with Crippen LogP contribution in [0, 0.1) is 5.82 Å². The average Bonchev–Trinajstić information content (AvgIpc) is 3.72. The van der Waals surface area contributed by atoms with E-state index in [1.807, 2.05) is 23.1 Å². The number of hydrogen-bond donors (Lipinski definition) is 2. The Morgan fingerprint density at radius 3 is 2.55 bits per heavy atom. The van der Waals surface area contributed by atoms with Crippen LogP contribution in [0.5, 0.6) is 0 Å². The molecule has 1 saturated heterocycles. The van der Waals surface area contributed by atoms with Crippen molar-refractivity contribution in [2.45, 2.75) is 44.8 Å². The monoisotopic (exact) mass is 548 g/mol. The van der Waals surface area contributed by atoms with Gasteiger partial charge in [-0.2, -0.15) is 0 Å². The third-order valence-corrected chi connectivity index (χ3v) is 7.87. The molecule has 0 spiro atoms. The van der Waals surface area contributed by atoms with Crippen LogP contribution in [0.4, 0.5) is 20.6 Å². The first-order valence-corrected chi connectivity index (χ1v) is 13.4. The van der Waals surface area contributed by atoms with E-state index in [1.54, 1.807) is 15.5 Å².